The van der Waals surface area contributed by atoms with Crippen molar-refractivity contribution in [3.63, 3.8) is 0 Å². The molecule has 19 heavy (non-hydrogen) atoms. The molecule has 0 atom stereocenters. The Morgan fingerprint density at radius 3 is 2.42 bits per heavy atom. The van der Waals surface area contributed by atoms with Crippen molar-refractivity contribution in [1.82, 2.24) is 8.61 Å². The molecule has 0 saturated carbocycles. The normalized spacial score (nSPS) is 12.3. The SMILES string of the molecule is CN(CCCN)S(=O)(=O)N(C)Cc1ccccc1Cl. The second-order valence-electron chi connectivity index (χ2n) is 4.32. The van der Waals surface area contributed by atoms with Crippen LogP contribution in [-0.2, 0) is 16.8 Å². The van der Waals surface area contributed by atoms with Crippen LogP contribution < -0.4 is 5.73 Å². The van der Waals surface area contributed by atoms with Crippen molar-refractivity contribution >= 4 is 21.8 Å². The molecule has 2 N–H and O–H groups in total. The Morgan fingerprint density at radius 1 is 1.21 bits per heavy atom. The van der Waals surface area contributed by atoms with Gasteiger partial charge in [0.1, 0.15) is 0 Å². The first-order valence-electron chi connectivity index (χ1n) is 6.00. The van der Waals surface area contributed by atoms with Gasteiger partial charge in [0, 0.05) is 32.2 Å². The molecule has 0 unspecified atom stereocenters. The Morgan fingerprint density at radius 2 is 1.84 bits per heavy atom. The first-order valence-corrected chi connectivity index (χ1v) is 7.78. The number of nitrogens with two attached hydrogens (primary N) is 1. The lowest BCUT2D eigenvalue weighted by atomic mass is 10.2. The van der Waals surface area contributed by atoms with Crippen LogP contribution in [0.4, 0.5) is 0 Å². The number of nitrogens with zero attached hydrogens (tertiary/aromatic N) is 2. The summed E-state index contributed by atoms with van der Waals surface area (Å²) < 4.78 is 27.0. The maximum absolute atomic E-state index is 12.2. The molecule has 108 valence electrons. The van der Waals surface area contributed by atoms with Gasteiger partial charge >= 0.3 is 0 Å². The minimum Gasteiger partial charge on any atom is -0.330 e. The molecule has 1 rings (SSSR count). The average molecular weight is 306 g/mol. The van der Waals surface area contributed by atoms with Crippen molar-refractivity contribution in [3.05, 3.63) is 34.9 Å². The van der Waals surface area contributed by atoms with Crippen LogP contribution in [0.1, 0.15) is 12.0 Å². The molecule has 0 saturated heterocycles. The maximum Gasteiger partial charge on any atom is 0.281 e. The van der Waals surface area contributed by atoms with E-state index in [-0.39, 0.29) is 6.54 Å². The zero-order valence-corrected chi connectivity index (χ0v) is 12.8. The van der Waals surface area contributed by atoms with Gasteiger partial charge in [-0.15, -0.1) is 0 Å². The largest absolute Gasteiger partial charge is 0.330 e. The fourth-order valence-electron chi connectivity index (χ4n) is 1.62. The highest BCUT2D eigenvalue weighted by Crippen LogP contribution is 2.18. The molecule has 7 heteroatoms. The molecule has 1 aromatic rings. The van der Waals surface area contributed by atoms with E-state index in [2.05, 4.69) is 0 Å². The van der Waals surface area contributed by atoms with Crippen LogP contribution in [-0.4, -0.2) is 44.2 Å². The van der Waals surface area contributed by atoms with Crippen molar-refractivity contribution in [3.8, 4) is 0 Å². The minimum atomic E-state index is -3.47. The highest BCUT2D eigenvalue weighted by Gasteiger charge is 2.23. The molecule has 5 nitrogen and oxygen atoms in total. The molecule has 0 aromatic heterocycles. The Bertz CT molecular complexity index is 507. The summed E-state index contributed by atoms with van der Waals surface area (Å²) in [6.07, 6.45) is 0.635. The highest BCUT2D eigenvalue weighted by molar-refractivity contribution is 7.86. The van der Waals surface area contributed by atoms with E-state index in [1.165, 1.54) is 15.7 Å². The third-order valence-corrected chi connectivity index (χ3v) is 5.07. The second-order valence-corrected chi connectivity index (χ2v) is 6.87. The molecule has 1 aromatic carbocycles. The first kappa shape index (κ1) is 16.4. The second kappa shape index (κ2) is 7.21. The van der Waals surface area contributed by atoms with E-state index in [9.17, 15) is 8.42 Å². The van der Waals surface area contributed by atoms with E-state index in [0.717, 1.165) is 5.56 Å². The van der Waals surface area contributed by atoms with Crippen molar-refractivity contribution < 1.29 is 8.42 Å². The van der Waals surface area contributed by atoms with Gasteiger partial charge in [-0.1, -0.05) is 29.8 Å². The predicted molar refractivity (Wildman–Crippen MR) is 78.1 cm³/mol. The van der Waals surface area contributed by atoms with Gasteiger partial charge in [0.05, 0.1) is 0 Å². The van der Waals surface area contributed by atoms with E-state index in [0.29, 0.717) is 24.5 Å². The third-order valence-electron chi connectivity index (χ3n) is 2.82. The highest BCUT2D eigenvalue weighted by atomic mass is 35.5. The van der Waals surface area contributed by atoms with Crippen molar-refractivity contribution in [2.24, 2.45) is 5.73 Å². The van der Waals surface area contributed by atoms with Crippen LogP contribution >= 0.6 is 11.6 Å². The summed E-state index contributed by atoms with van der Waals surface area (Å²) in [5, 5.41) is 0.564. The fraction of sp³-hybridized carbons (Fsp3) is 0.500. The molecule has 0 aliphatic heterocycles. The number of hydrogen-bond donors (Lipinski definition) is 1. The Balaban J connectivity index is 2.76. The van der Waals surface area contributed by atoms with Crippen LogP contribution in [0.2, 0.25) is 5.02 Å². The molecule has 0 aliphatic rings. The molecule has 0 heterocycles. The van der Waals surface area contributed by atoms with E-state index in [4.69, 9.17) is 17.3 Å². The fourth-order valence-corrected chi connectivity index (χ4v) is 2.95. The number of hydrogen-bond acceptors (Lipinski definition) is 3. The van der Waals surface area contributed by atoms with Gasteiger partial charge in [-0.2, -0.15) is 17.0 Å². The quantitative estimate of drug-likeness (QED) is 0.825. The first-order chi connectivity index (χ1) is 8.89. The monoisotopic (exact) mass is 305 g/mol. The van der Waals surface area contributed by atoms with E-state index < -0.39 is 10.2 Å². The lowest BCUT2D eigenvalue weighted by molar-refractivity contribution is 0.387. The predicted octanol–water partition coefficient (Wildman–Crippen LogP) is 1.30. The Hall–Kier alpha value is -0.660. The minimum absolute atomic E-state index is 0.245. The number of rotatable bonds is 7. The van der Waals surface area contributed by atoms with E-state index >= 15 is 0 Å². The number of benzene rings is 1. The summed E-state index contributed by atoms with van der Waals surface area (Å²) in [6, 6.07) is 7.21. The molecule has 0 bridgehead atoms. The van der Waals surface area contributed by atoms with Gasteiger partial charge < -0.3 is 5.73 Å². The van der Waals surface area contributed by atoms with Gasteiger partial charge in [-0.05, 0) is 24.6 Å². The van der Waals surface area contributed by atoms with Crippen LogP contribution in [0, 0.1) is 0 Å². The van der Waals surface area contributed by atoms with Crippen molar-refractivity contribution in [2.45, 2.75) is 13.0 Å². The van der Waals surface area contributed by atoms with Gasteiger partial charge in [0.15, 0.2) is 0 Å². The standard InChI is InChI=1S/C12H20ClN3O2S/c1-15(9-5-8-14)19(17,18)16(2)10-11-6-3-4-7-12(11)13/h3-4,6-7H,5,8-10,14H2,1-2H3. The van der Waals surface area contributed by atoms with Crippen LogP contribution in [0.3, 0.4) is 0 Å². The molecule has 0 radical (unpaired) electrons. The zero-order chi connectivity index (χ0) is 14.5. The van der Waals surface area contributed by atoms with Crippen LogP contribution in [0.15, 0.2) is 24.3 Å². The zero-order valence-electron chi connectivity index (χ0n) is 11.2. The van der Waals surface area contributed by atoms with Crippen LogP contribution in [0.5, 0.6) is 0 Å². The van der Waals surface area contributed by atoms with Crippen molar-refractivity contribution in [2.75, 3.05) is 27.2 Å². The van der Waals surface area contributed by atoms with Gasteiger partial charge in [-0.25, -0.2) is 0 Å². The molecule has 0 aliphatic carbocycles. The number of halogens is 1. The van der Waals surface area contributed by atoms with Crippen LogP contribution in [0.25, 0.3) is 0 Å². The lowest BCUT2D eigenvalue weighted by Gasteiger charge is -2.24. The average Bonchev–Trinajstić information content (AvgIpc) is 2.38. The molecule has 0 fully saturated rings. The Labute approximate surface area is 120 Å². The lowest BCUT2D eigenvalue weighted by Crippen LogP contribution is -2.40. The van der Waals surface area contributed by atoms with Gasteiger partial charge in [-0.3, -0.25) is 0 Å². The smallest absolute Gasteiger partial charge is 0.281 e. The molecular formula is C12H20ClN3O2S. The summed E-state index contributed by atoms with van der Waals surface area (Å²) in [4.78, 5) is 0. The topological polar surface area (TPSA) is 66.6 Å². The van der Waals surface area contributed by atoms with E-state index in [1.807, 2.05) is 18.2 Å². The summed E-state index contributed by atoms with van der Waals surface area (Å²) in [6.45, 7) is 1.12. The Kier molecular flexibility index (Phi) is 6.22. The summed E-state index contributed by atoms with van der Waals surface area (Å²) in [5.74, 6) is 0. The third kappa shape index (κ3) is 4.43. The molecule has 0 amide bonds. The van der Waals surface area contributed by atoms with Gasteiger partial charge in [0.2, 0.25) is 0 Å². The maximum atomic E-state index is 12.2. The summed E-state index contributed by atoms with van der Waals surface area (Å²) >= 11 is 6.03. The van der Waals surface area contributed by atoms with Gasteiger partial charge in [0.25, 0.3) is 10.2 Å². The summed E-state index contributed by atoms with van der Waals surface area (Å²) in [7, 11) is -0.385. The van der Waals surface area contributed by atoms with E-state index in [1.54, 1.807) is 13.1 Å². The summed E-state index contributed by atoms with van der Waals surface area (Å²) in [5.41, 5.74) is 6.17. The molecule has 0 spiro atoms. The van der Waals surface area contributed by atoms with Crippen molar-refractivity contribution in [1.29, 1.82) is 0 Å². The molecular weight excluding hydrogens is 286 g/mol.